The van der Waals surface area contributed by atoms with E-state index in [1.165, 1.54) is 39.2 Å². The van der Waals surface area contributed by atoms with Crippen LogP contribution in [0.1, 0.15) is 29.2 Å². The van der Waals surface area contributed by atoms with Gasteiger partial charge in [-0.15, -0.1) is 0 Å². The molecule has 0 amide bonds. The molecule has 0 radical (unpaired) electrons. The van der Waals surface area contributed by atoms with Crippen molar-refractivity contribution < 1.29 is 4.57 Å². The van der Waals surface area contributed by atoms with Gasteiger partial charge in [-0.2, -0.15) is 4.57 Å². The standard InChI is InChI=1S/C32H32N3/c1-4-26-14-15-27-19-22-35-21-8-7-11-30(35)32(27)31(26)29-23-25(18-20-33-29)10-6-5-9-24-12-16-28(17-13-24)34(2)3/h5-18,20-21,23H,4,19,22H2,1-3H3/q+1/b9-5+,10-6+. The number of allylic oxidation sites excluding steroid dienone is 2. The smallest absolute Gasteiger partial charge is 0.213 e. The van der Waals surface area contributed by atoms with Crippen molar-refractivity contribution in [1.82, 2.24) is 4.98 Å². The number of rotatable bonds is 6. The average Bonchev–Trinajstić information content (AvgIpc) is 2.90. The summed E-state index contributed by atoms with van der Waals surface area (Å²) in [5.41, 5.74) is 11.2. The molecule has 174 valence electrons. The van der Waals surface area contributed by atoms with Crippen LogP contribution in [0.15, 0.2) is 91.3 Å². The highest BCUT2D eigenvalue weighted by atomic mass is 15.1. The lowest BCUT2D eigenvalue weighted by Crippen LogP contribution is -2.40. The Labute approximate surface area is 208 Å². The molecule has 1 aliphatic heterocycles. The molecule has 0 saturated carbocycles. The molecule has 3 heteroatoms. The maximum absolute atomic E-state index is 4.83. The molecule has 2 aromatic heterocycles. The maximum Gasteiger partial charge on any atom is 0.213 e. The van der Waals surface area contributed by atoms with Crippen LogP contribution in [0.3, 0.4) is 0 Å². The second-order valence-corrected chi connectivity index (χ2v) is 9.20. The number of hydrogen-bond acceptors (Lipinski definition) is 2. The zero-order valence-electron chi connectivity index (χ0n) is 20.8. The fraction of sp³-hybridized carbons (Fsp3) is 0.188. The first-order valence-corrected chi connectivity index (χ1v) is 12.4. The van der Waals surface area contributed by atoms with Crippen LogP contribution in [-0.2, 0) is 19.4 Å². The van der Waals surface area contributed by atoms with Crippen LogP contribution in [0, 0.1) is 0 Å². The van der Waals surface area contributed by atoms with Crippen LogP contribution in [0.25, 0.3) is 34.7 Å². The first-order valence-electron chi connectivity index (χ1n) is 12.4. The Balaban J connectivity index is 1.46. The van der Waals surface area contributed by atoms with Gasteiger partial charge in [0.05, 0.1) is 11.3 Å². The largest absolute Gasteiger partial charge is 0.378 e. The molecule has 0 unspecified atom stereocenters. The van der Waals surface area contributed by atoms with Crippen LogP contribution < -0.4 is 9.47 Å². The van der Waals surface area contributed by atoms with E-state index in [0.29, 0.717) is 0 Å². The highest BCUT2D eigenvalue weighted by molar-refractivity contribution is 5.85. The molecule has 0 bridgehead atoms. The van der Waals surface area contributed by atoms with E-state index < -0.39 is 0 Å². The second-order valence-electron chi connectivity index (χ2n) is 9.20. The lowest BCUT2D eigenvalue weighted by atomic mass is 9.86. The minimum absolute atomic E-state index is 0.979. The van der Waals surface area contributed by atoms with Crippen molar-refractivity contribution in [2.75, 3.05) is 19.0 Å². The van der Waals surface area contributed by atoms with Crippen LogP contribution >= 0.6 is 0 Å². The van der Waals surface area contributed by atoms with Gasteiger partial charge in [0, 0.05) is 50.1 Å². The molecule has 3 nitrogen and oxygen atoms in total. The van der Waals surface area contributed by atoms with Crippen molar-refractivity contribution >= 4 is 17.8 Å². The molecule has 0 saturated heterocycles. The zero-order chi connectivity index (χ0) is 24.2. The van der Waals surface area contributed by atoms with Gasteiger partial charge in [0.1, 0.15) is 0 Å². The minimum atomic E-state index is 0.979. The topological polar surface area (TPSA) is 20.0 Å². The van der Waals surface area contributed by atoms with Gasteiger partial charge in [-0.25, -0.2) is 0 Å². The molecule has 0 N–H and O–H groups in total. The quantitative estimate of drug-likeness (QED) is 0.239. The predicted molar refractivity (Wildman–Crippen MR) is 147 cm³/mol. The third-order valence-electron chi connectivity index (χ3n) is 6.72. The van der Waals surface area contributed by atoms with Crippen LogP contribution in [0.5, 0.6) is 0 Å². The number of pyridine rings is 2. The van der Waals surface area contributed by atoms with Gasteiger partial charge in [0.2, 0.25) is 5.69 Å². The lowest BCUT2D eigenvalue weighted by molar-refractivity contribution is -0.687. The summed E-state index contributed by atoms with van der Waals surface area (Å²) in [5, 5.41) is 0. The van der Waals surface area contributed by atoms with Crippen molar-refractivity contribution in [3.05, 3.63) is 114 Å². The van der Waals surface area contributed by atoms with E-state index >= 15 is 0 Å². The van der Waals surface area contributed by atoms with E-state index in [-0.39, 0.29) is 0 Å². The molecule has 4 aromatic rings. The lowest BCUT2D eigenvalue weighted by Gasteiger charge is -2.20. The highest BCUT2D eigenvalue weighted by Crippen LogP contribution is 2.38. The summed E-state index contributed by atoms with van der Waals surface area (Å²) in [6, 6.07) is 23.9. The second kappa shape index (κ2) is 10.1. The number of aromatic nitrogens is 2. The number of benzene rings is 2. The highest BCUT2D eigenvalue weighted by Gasteiger charge is 2.27. The van der Waals surface area contributed by atoms with Crippen LogP contribution in [0.4, 0.5) is 5.69 Å². The monoisotopic (exact) mass is 458 g/mol. The number of anilines is 1. The van der Waals surface area contributed by atoms with Crippen molar-refractivity contribution in [3.63, 3.8) is 0 Å². The third-order valence-corrected chi connectivity index (χ3v) is 6.72. The average molecular weight is 459 g/mol. The van der Waals surface area contributed by atoms with Gasteiger partial charge in [-0.3, -0.25) is 4.98 Å². The van der Waals surface area contributed by atoms with E-state index in [9.17, 15) is 0 Å². The minimum Gasteiger partial charge on any atom is -0.378 e. The number of fused-ring (bicyclic) bond motifs is 3. The molecular weight excluding hydrogens is 426 g/mol. The number of aryl methyl sites for hydroxylation is 3. The van der Waals surface area contributed by atoms with Crippen molar-refractivity contribution in [2.45, 2.75) is 26.3 Å². The van der Waals surface area contributed by atoms with E-state index in [0.717, 1.165) is 30.6 Å². The molecule has 0 fully saturated rings. The molecule has 0 spiro atoms. The van der Waals surface area contributed by atoms with Crippen LogP contribution in [0.2, 0.25) is 0 Å². The molecule has 35 heavy (non-hydrogen) atoms. The van der Waals surface area contributed by atoms with E-state index in [4.69, 9.17) is 4.98 Å². The SMILES string of the molecule is CCc1ccc2c(c1-c1cc(/C=C/C=C/c3ccc(N(C)C)cc3)ccn1)-c1cccc[n+]1CC2. The molecule has 2 aromatic carbocycles. The van der Waals surface area contributed by atoms with Crippen molar-refractivity contribution in [2.24, 2.45) is 0 Å². The molecule has 0 aliphatic carbocycles. The fourth-order valence-electron chi connectivity index (χ4n) is 4.82. The number of nitrogens with zero attached hydrogens (tertiary/aromatic N) is 3. The van der Waals surface area contributed by atoms with Gasteiger partial charge in [-0.1, -0.05) is 55.5 Å². The Kier molecular flexibility index (Phi) is 6.58. The fourth-order valence-corrected chi connectivity index (χ4v) is 4.82. The zero-order valence-corrected chi connectivity index (χ0v) is 20.8. The summed E-state index contributed by atoms with van der Waals surface area (Å²) >= 11 is 0. The third kappa shape index (κ3) is 4.81. The molecule has 1 aliphatic rings. The van der Waals surface area contributed by atoms with E-state index in [2.05, 4.69) is 128 Å². The first kappa shape index (κ1) is 22.8. The summed E-state index contributed by atoms with van der Waals surface area (Å²) < 4.78 is 2.37. The van der Waals surface area contributed by atoms with Gasteiger partial charge in [0.15, 0.2) is 12.7 Å². The Morgan fingerprint density at radius 3 is 2.46 bits per heavy atom. The van der Waals surface area contributed by atoms with E-state index in [1.807, 2.05) is 6.20 Å². The summed E-state index contributed by atoms with van der Waals surface area (Å²) in [6.07, 6.45) is 14.6. The Hall–Kier alpha value is -3.98. The summed E-state index contributed by atoms with van der Waals surface area (Å²) in [7, 11) is 4.12. The predicted octanol–water partition coefficient (Wildman–Crippen LogP) is 6.61. The van der Waals surface area contributed by atoms with Gasteiger partial charge in [-0.05, 0) is 59.0 Å². The van der Waals surface area contributed by atoms with Gasteiger partial charge < -0.3 is 4.90 Å². The molecule has 3 heterocycles. The van der Waals surface area contributed by atoms with Gasteiger partial charge >= 0.3 is 0 Å². The molecule has 5 rings (SSSR count). The summed E-state index contributed by atoms with van der Waals surface area (Å²) in [4.78, 5) is 6.94. The Morgan fingerprint density at radius 2 is 1.69 bits per heavy atom. The molecular formula is C32H32N3+. The normalized spacial score (nSPS) is 12.7. The molecule has 0 atom stereocenters. The maximum atomic E-state index is 4.83. The first-order chi connectivity index (χ1) is 17.1. The van der Waals surface area contributed by atoms with Gasteiger partial charge in [0.25, 0.3) is 0 Å². The van der Waals surface area contributed by atoms with Crippen molar-refractivity contribution in [1.29, 1.82) is 0 Å². The Bertz CT molecular complexity index is 1390. The Morgan fingerprint density at radius 1 is 0.886 bits per heavy atom. The number of hydrogen-bond donors (Lipinski definition) is 0. The van der Waals surface area contributed by atoms with Crippen molar-refractivity contribution in [3.8, 4) is 22.5 Å². The summed E-state index contributed by atoms with van der Waals surface area (Å²) in [6.45, 7) is 3.25. The van der Waals surface area contributed by atoms with E-state index in [1.54, 1.807) is 0 Å². The van der Waals surface area contributed by atoms with Crippen LogP contribution in [-0.4, -0.2) is 19.1 Å². The summed E-state index contributed by atoms with van der Waals surface area (Å²) in [5.74, 6) is 0.